The Labute approximate surface area is 144 Å². The van der Waals surface area contributed by atoms with E-state index < -0.39 is 17.7 Å². The fraction of sp³-hybridized carbons (Fsp3) is 0.158. The van der Waals surface area contributed by atoms with Gasteiger partial charge in [0.1, 0.15) is 5.57 Å². The third-order valence-electron chi connectivity index (χ3n) is 3.52. The zero-order valence-electron chi connectivity index (χ0n) is 13.2. The maximum Gasteiger partial charge on any atom is 0.348 e. The van der Waals surface area contributed by atoms with Crippen molar-refractivity contribution >= 4 is 29.6 Å². The molecule has 0 saturated carbocycles. The van der Waals surface area contributed by atoms with Crippen molar-refractivity contribution < 1.29 is 19.1 Å². The monoisotopic (exact) mass is 342 g/mol. The Bertz CT molecular complexity index is 795. The standard InChI is InChI=1S/C19H15ClO4/c1-19(2)23-17(21)16(18(22)24-19)11-12-3-5-13(6-4-12)14-7-9-15(20)10-8-14/h3-11H,1-2H3. The van der Waals surface area contributed by atoms with Crippen molar-refractivity contribution in [1.29, 1.82) is 0 Å². The number of carbonyl (C=O) groups is 2. The average Bonchev–Trinajstić information content (AvgIpc) is 2.51. The average molecular weight is 343 g/mol. The summed E-state index contributed by atoms with van der Waals surface area (Å²) in [7, 11) is 0. The zero-order valence-corrected chi connectivity index (χ0v) is 14.0. The van der Waals surface area contributed by atoms with Gasteiger partial charge >= 0.3 is 11.9 Å². The molecule has 0 unspecified atom stereocenters. The summed E-state index contributed by atoms with van der Waals surface area (Å²) in [4.78, 5) is 23.9. The molecular weight excluding hydrogens is 328 g/mol. The molecule has 5 heteroatoms. The van der Waals surface area contributed by atoms with Gasteiger partial charge < -0.3 is 9.47 Å². The fourth-order valence-electron chi connectivity index (χ4n) is 2.36. The number of ether oxygens (including phenoxy) is 2. The lowest BCUT2D eigenvalue weighted by Crippen LogP contribution is -2.41. The first-order chi connectivity index (χ1) is 11.3. The van der Waals surface area contributed by atoms with Gasteiger partial charge in [0, 0.05) is 18.9 Å². The third-order valence-corrected chi connectivity index (χ3v) is 3.77. The van der Waals surface area contributed by atoms with Crippen LogP contribution in [0.3, 0.4) is 0 Å². The molecule has 3 rings (SSSR count). The number of hydrogen-bond acceptors (Lipinski definition) is 4. The van der Waals surface area contributed by atoms with Gasteiger partial charge in [-0.15, -0.1) is 0 Å². The van der Waals surface area contributed by atoms with E-state index in [-0.39, 0.29) is 5.57 Å². The Morgan fingerprint density at radius 3 is 1.79 bits per heavy atom. The Hall–Kier alpha value is -2.59. The van der Waals surface area contributed by atoms with Gasteiger partial charge in [-0.25, -0.2) is 9.59 Å². The van der Waals surface area contributed by atoms with Crippen molar-refractivity contribution in [3.05, 3.63) is 64.7 Å². The third kappa shape index (κ3) is 3.49. The molecule has 24 heavy (non-hydrogen) atoms. The molecule has 1 saturated heterocycles. The molecule has 4 nitrogen and oxygen atoms in total. The highest BCUT2D eigenvalue weighted by molar-refractivity contribution is 6.30. The van der Waals surface area contributed by atoms with Gasteiger partial charge in [0.05, 0.1) is 0 Å². The lowest BCUT2D eigenvalue weighted by molar-refractivity contribution is -0.222. The molecule has 1 fully saturated rings. The largest absolute Gasteiger partial charge is 0.419 e. The second kappa shape index (κ2) is 6.13. The first kappa shape index (κ1) is 16.3. The second-order valence-corrected chi connectivity index (χ2v) is 6.30. The van der Waals surface area contributed by atoms with Gasteiger partial charge in [0.15, 0.2) is 0 Å². The van der Waals surface area contributed by atoms with Crippen molar-refractivity contribution in [1.82, 2.24) is 0 Å². The summed E-state index contributed by atoms with van der Waals surface area (Å²) in [5.74, 6) is -2.60. The van der Waals surface area contributed by atoms with Gasteiger partial charge in [-0.3, -0.25) is 0 Å². The highest BCUT2D eigenvalue weighted by Gasteiger charge is 2.38. The normalized spacial score (nSPS) is 16.4. The van der Waals surface area contributed by atoms with E-state index in [9.17, 15) is 9.59 Å². The number of esters is 2. The number of carbonyl (C=O) groups excluding carboxylic acids is 2. The predicted molar refractivity (Wildman–Crippen MR) is 91.1 cm³/mol. The lowest BCUT2D eigenvalue weighted by atomic mass is 10.0. The first-order valence-corrected chi connectivity index (χ1v) is 7.76. The number of rotatable bonds is 2. The first-order valence-electron chi connectivity index (χ1n) is 7.38. The molecule has 0 aliphatic carbocycles. The molecule has 0 bridgehead atoms. The minimum Gasteiger partial charge on any atom is -0.419 e. The molecule has 0 atom stereocenters. The number of benzene rings is 2. The van der Waals surface area contributed by atoms with E-state index in [0.717, 1.165) is 11.1 Å². The van der Waals surface area contributed by atoms with Crippen molar-refractivity contribution in [3.8, 4) is 11.1 Å². The van der Waals surface area contributed by atoms with Crippen molar-refractivity contribution in [3.63, 3.8) is 0 Å². The maximum absolute atomic E-state index is 11.9. The van der Waals surface area contributed by atoms with Crippen LogP contribution in [-0.4, -0.2) is 17.7 Å². The number of hydrogen-bond donors (Lipinski definition) is 0. The van der Waals surface area contributed by atoms with E-state index in [2.05, 4.69) is 0 Å². The van der Waals surface area contributed by atoms with Crippen molar-refractivity contribution in [2.45, 2.75) is 19.6 Å². The molecule has 0 N–H and O–H groups in total. The Balaban J connectivity index is 1.85. The number of cyclic esters (lactones) is 2. The van der Waals surface area contributed by atoms with Crippen LogP contribution < -0.4 is 0 Å². The van der Waals surface area contributed by atoms with Crippen LogP contribution in [0, 0.1) is 0 Å². The summed E-state index contributed by atoms with van der Waals surface area (Å²) in [6, 6.07) is 14.9. The topological polar surface area (TPSA) is 52.6 Å². The molecule has 2 aromatic rings. The Morgan fingerprint density at radius 1 is 0.833 bits per heavy atom. The lowest BCUT2D eigenvalue weighted by Gasteiger charge is -2.29. The van der Waals surface area contributed by atoms with Crippen LogP contribution >= 0.6 is 11.6 Å². The molecular formula is C19H15ClO4. The summed E-state index contributed by atoms with van der Waals surface area (Å²) in [6.07, 6.45) is 1.46. The summed E-state index contributed by atoms with van der Waals surface area (Å²) in [6.45, 7) is 3.03. The van der Waals surface area contributed by atoms with E-state index in [1.54, 1.807) is 0 Å². The number of halogens is 1. The highest BCUT2D eigenvalue weighted by atomic mass is 35.5. The summed E-state index contributed by atoms with van der Waals surface area (Å²) in [5.41, 5.74) is 2.62. The molecule has 0 aromatic heterocycles. The molecule has 122 valence electrons. The SMILES string of the molecule is CC1(C)OC(=O)C(=Cc2ccc(-c3ccc(Cl)cc3)cc2)C(=O)O1. The molecule has 1 aliphatic rings. The summed E-state index contributed by atoms with van der Waals surface area (Å²) in [5, 5.41) is 0.678. The molecule has 0 spiro atoms. The molecule has 1 heterocycles. The summed E-state index contributed by atoms with van der Waals surface area (Å²) < 4.78 is 10.1. The molecule has 0 amide bonds. The predicted octanol–water partition coefficient (Wildman–Crippen LogP) is 4.23. The maximum atomic E-state index is 11.9. The van der Waals surface area contributed by atoms with Gasteiger partial charge in [-0.1, -0.05) is 48.0 Å². The van der Waals surface area contributed by atoms with E-state index in [4.69, 9.17) is 21.1 Å². The second-order valence-electron chi connectivity index (χ2n) is 5.87. The van der Waals surface area contributed by atoms with Crippen LogP contribution in [0.15, 0.2) is 54.1 Å². The molecule has 0 radical (unpaired) electrons. The smallest absolute Gasteiger partial charge is 0.348 e. The van der Waals surface area contributed by atoms with Crippen LogP contribution in [0.25, 0.3) is 17.2 Å². The van der Waals surface area contributed by atoms with Crippen LogP contribution in [0.5, 0.6) is 0 Å². The minimum atomic E-state index is -1.23. The van der Waals surface area contributed by atoms with Gasteiger partial charge in [0.25, 0.3) is 5.79 Å². The van der Waals surface area contributed by atoms with Gasteiger partial charge in [-0.2, -0.15) is 0 Å². The van der Waals surface area contributed by atoms with E-state index >= 15 is 0 Å². The fourth-order valence-corrected chi connectivity index (χ4v) is 2.49. The Kier molecular flexibility index (Phi) is 4.16. The van der Waals surface area contributed by atoms with Crippen molar-refractivity contribution in [2.24, 2.45) is 0 Å². The van der Waals surface area contributed by atoms with E-state index in [1.807, 2.05) is 48.5 Å². The highest BCUT2D eigenvalue weighted by Crippen LogP contribution is 2.26. The Morgan fingerprint density at radius 2 is 1.29 bits per heavy atom. The van der Waals surface area contributed by atoms with Gasteiger partial charge in [-0.05, 0) is 34.9 Å². The molecule has 1 aliphatic heterocycles. The zero-order chi connectivity index (χ0) is 17.3. The van der Waals surface area contributed by atoms with Crippen LogP contribution in [0.4, 0.5) is 0 Å². The van der Waals surface area contributed by atoms with Crippen LogP contribution in [0.1, 0.15) is 19.4 Å². The van der Waals surface area contributed by atoms with Gasteiger partial charge in [0.2, 0.25) is 0 Å². The molecule has 2 aromatic carbocycles. The quantitative estimate of drug-likeness (QED) is 0.465. The van der Waals surface area contributed by atoms with E-state index in [0.29, 0.717) is 10.6 Å². The van der Waals surface area contributed by atoms with E-state index in [1.165, 1.54) is 19.9 Å². The summed E-state index contributed by atoms with van der Waals surface area (Å²) >= 11 is 5.88. The minimum absolute atomic E-state index is 0.117. The van der Waals surface area contributed by atoms with Crippen molar-refractivity contribution in [2.75, 3.05) is 0 Å². The van der Waals surface area contributed by atoms with Crippen LogP contribution in [0.2, 0.25) is 5.02 Å². The van der Waals surface area contributed by atoms with Crippen LogP contribution in [-0.2, 0) is 19.1 Å².